The predicted molar refractivity (Wildman–Crippen MR) is 228 cm³/mol. The number of carbonyl (C=O) groups is 6. The first-order chi connectivity index (χ1) is 28.9. The summed E-state index contributed by atoms with van der Waals surface area (Å²) >= 11 is 2.34. The van der Waals surface area contributed by atoms with E-state index in [1.54, 1.807) is 26.2 Å². The molecule has 4 aromatic rings. The zero-order valence-corrected chi connectivity index (χ0v) is 35.9. The third kappa shape index (κ3) is 9.84. The summed E-state index contributed by atoms with van der Waals surface area (Å²) in [6.45, 7) is 8.75. The van der Waals surface area contributed by atoms with Crippen molar-refractivity contribution in [3.8, 4) is 0 Å². The van der Waals surface area contributed by atoms with Gasteiger partial charge in [-0.3, -0.25) is 24.1 Å². The zero-order chi connectivity index (χ0) is 44.1. The van der Waals surface area contributed by atoms with Crippen molar-refractivity contribution in [2.75, 3.05) is 17.7 Å². The van der Waals surface area contributed by atoms with Crippen molar-refractivity contribution in [2.24, 2.45) is 5.16 Å². The van der Waals surface area contributed by atoms with E-state index in [1.807, 2.05) is 91.0 Å². The van der Waals surface area contributed by atoms with E-state index in [0.717, 1.165) is 33.4 Å². The Kier molecular flexibility index (Phi) is 13.1. The molecule has 0 aliphatic carbocycles. The first-order valence-electron chi connectivity index (χ1n) is 19.2. The number of aliphatic carboxylic acids is 1. The zero-order valence-electron chi connectivity index (χ0n) is 34.3. The van der Waals surface area contributed by atoms with Crippen molar-refractivity contribution in [1.29, 1.82) is 0 Å². The fourth-order valence-corrected chi connectivity index (χ4v) is 8.69. The molecule has 318 valence electrons. The molecule has 0 radical (unpaired) electrons. The van der Waals surface area contributed by atoms with Crippen molar-refractivity contribution in [1.82, 2.24) is 15.2 Å². The van der Waals surface area contributed by atoms with Gasteiger partial charge in [0.1, 0.15) is 52.8 Å². The number of ketones is 1. The number of thiazole rings is 1. The maximum Gasteiger partial charge on any atom is 0.353 e. The molecule has 3 aromatic carbocycles. The number of benzene rings is 3. The molecule has 0 saturated carbocycles. The van der Waals surface area contributed by atoms with Crippen LogP contribution in [0.15, 0.2) is 113 Å². The lowest BCUT2D eigenvalue weighted by Crippen LogP contribution is -2.71. The predicted octanol–water partition coefficient (Wildman–Crippen LogP) is 5.65. The van der Waals surface area contributed by atoms with Gasteiger partial charge in [-0.25, -0.2) is 14.6 Å². The molecule has 1 fully saturated rings. The van der Waals surface area contributed by atoms with E-state index in [0.29, 0.717) is 5.13 Å². The molecule has 3 heterocycles. The third-order valence-corrected chi connectivity index (χ3v) is 11.6. The van der Waals surface area contributed by atoms with Crippen molar-refractivity contribution in [3.05, 3.63) is 130 Å². The Hall–Kier alpha value is -6.33. The number of nitrogens with zero attached hydrogens (tertiary/aromatic N) is 3. The lowest BCUT2D eigenvalue weighted by molar-refractivity contribution is -0.179. The van der Waals surface area contributed by atoms with E-state index >= 15 is 0 Å². The monoisotopic (exact) mass is 867 g/mol. The minimum Gasteiger partial charge on any atom is -0.477 e. The van der Waals surface area contributed by atoms with Gasteiger partial charge in [-0.15, -0.1) is 23.1 Å². The summed E-state index contributed by atoms with van der Waals surface area (Å²) in [6.07, 6.45) is -0.477. The van der Waals surface area contributed by atoms with Gasteiger partial charge in [-0.1, -0.05) is 96.2 Å². The molecule has 3 N–H and O–H groups in total. The Morgan fingerprint density at radius 3 is 1.95 bits per heavy atom. The number of β-lactam (4-membered cyclic amide) rings is 1. The van der Waals surface area contributed by atoms with E-state index in [4.69, 9.17) is 19.3 Å². The van der Waals surface area contributed by atoms with Crippen LogP contribution >= 0.6 is 23.1 Å². The summed E-state index contributed by atoms with van der Waals surface area (Å²) in [5.74, 6) is -4.99. The fraction of sp³-hybridized carbons (Fsp3) is 0.318. The van der Waals surface area contributed by atoms with Crippen LogP contribution in [0.1, 0.15) is 70.3 Å². The number of Topliss-reactive ketones (excluding diaryl/α,β-unsaturated/α-hetero) is 1. The summed E-state index contributed by atoms with van der Waals surface area (Å²) in [6, 6.07) is 28.3. The number of fused-ring (bicyclic) bond motifs is 1. The van der Waals surface area contributed by atoms with Crippen LogP contribution in [0.4, 0.5) is 5.13 Å². The van der Waals surface area contributed by atoms with E-state index in [2.05, 4.69) is 15.8 Å². The van der Waals surface area contributed by atoms with Gasteiger partial charge in [0.05, 0.1) is 0 Å². The molecule has 17 heteroatoms. The molecule has 2 atom stereocenters. The molecule has 61 heavy (non-hydrogen) atoms. The van der Waals surface area contributed by atoms with Crippen molar-refractivity contribution in [3.63, 3.8) is 0 Å². The Morgan fingerprint density at radius 2 is 1.44 bits per heavy atom. The summed E-state index contributed by atoms with van der Waals surface area (Å²) < 4.78 is 10.6. The van der Waals surface area contributed by atoms with Crippen molar-refractivity contribution >= 4 is 69.4 Å². The highest BCUT2D eigenvalue weighted by molar-refractivity contribution is 8.00. The van der Waals surface area contributed by atoms with Crippen LogP contribution in [0.5, 0.6) is 0 Å². The Morgan fingerprint density at radius 1 is 0.885 bits per heavy atom. The number of thioether (sulfide) groups is 1. The second-order valence-corrected chi connectivity index (χ2v) is 17.7. The fourth-order valence-electron chi connectivity index (χ4n) is 6.61. The highest BCUT2D eigenvalue weighted by atomic mass is 32.2. The summed E-state index contributed by atoms with van der Waals surface area (Å²) in [4.78, 5) is 88.4. The molecule has 2 aliphatic rings. The van der Waals surface area contributed by atoms with Gasteiger partial charge in [0.2, 0.25) is 5.60 Å². The van der Waals surface area contributed by atoms with Crippen LogP contribution in [-0.4, -0.2) is 91.2 Å². The van der Waals surface area contributed by atoms with Gasteiger partial charge in [0.15, 0.2) is 10.8 Å². The molecular weight excluding hydrogens is 823 g/mol. The van der Waals surface area contributed by atoms with E-state index in [1.165, 1.54) is 32.1 Å². The average Bonchev–Trinajstić information content (AvgIpc) is 3.68. The second-order valence-electron chi connectivity index (χ2n) is 15.7. The number of rotatable bonds is 16. The number of hydrogen-bond donors (Lipinski definition) is 3. The smallest absolute Gasteiger partial charge is 0.353 e. The van der Waals surface area contributed by atoms with Gasteiger partial charge in [-0.05, 0) is 58.2 Å². The first-order valence-corrected chi connectivity index (χ1v) is 21.1. The van der Waals surface area contributed by atoms with E-state index in [-0.39, 0.29) is 28.4 Å². The molecule has 15 nitrogen and oxygen atoms in total. The molecule has 1 aromatic heterocycles. The van der Waals surface area contributed by atoms with E-state index < -0.39 is 76.7 Å². The van der Waals surface area contributed by atoms with Crippen LogP contribution in [0.2, 0.25) is 0 Å². The number of nitrogens with one attached hydrogen (secondary N) is 2. The molecule has 1 saturated heterocycles. The second kappa shape index (κ2) is 18.1. The first kappa shape index (κ1) is 44.2. The SMILES string of the molecule is CC(=O)CC(=O)OCC1=C(C(=O)O)N2C(=O)[C@@H](NC(=O)C(=NOC(C)(C)C(=O)OC(C)(C)C)c3csc(NC(c4ccccc4)(c4ccccc4)c4ccccc4)n3)[C@@H]2SC1. The number of ether oxygens (including phenoxy) is 2. The van der Waals surface area contributed by atoms with Gasteiger partial charge in [-0.2, -0.15) is 0 Å². The number of carbonyl (C=O) groups excluding carboxylic acids is 5. The van der Waals surface area contributed by atoms with Crippen molar-refractivity contribution in [2.45, 2.75) is 76.1 Å². The van der Waals surface area contributed by atoms with Crippen LogP contribution in [-0.2, 0) is 48.6 Å². The number of carboxylic acid groups (broad SMARTS) is 1. The number of carboxylic acids is 1. The van der Waals surface area contributed by atoms with Crippen LogP contribution < -0.4 is 10.6 Å². The molecule has 6 rings (SSSR count). The normalized spacial score (nSPS) is 16.8. The van der Waals surface area contributed by atoms with Gasteiger partial charge in [0.25, 0.3) is 11.8 Å². The number of hydrogen-bond acceptors (Lipinski definition) is 14. The molecule has 2 amide bonds. The largest absolute Gasteiger partial charge is 0.477 e. The number of amides is 2. The number of oxime groups is 1. The molecule has 2 aliphatic heterocycles. The van der Waals surface area contributed by atoms with Gasteiger partial charge >= 0.3 is 17.9 Å². The van der Waals surface area contributed by atoms with Crippen LogP contribution in [0.25, 0.3) is 0 Å². The molecular formula is C44H45N5O10S2. The Labute approximate surface area is 360 Å². The third-order valence-electron chi connectivity index (χ3n) is 9.47. The maximum atomic E-state index is 14.3. The average molecular weight is 868 g/mol. The molecule has 0 spiro atoms. The van der Waals surface area contributed by atoms with E-state index in [9.17, 15) is 33.9 Å². The maximum absolute atomic E-state index is 14.3. The van der Waals surface area contributed by atoms with Crippen LogP contribution in [0.3, 0.4) is 0 Å². The number of aromatic nitrogens is 1. The quantitative estimate of drug-likeness (QED) is 0.0312. The lowest BCUT2D eigenvalue weighted by Gasteiger charge is -2.49. The summed E-state index contributed by atoms with van der Waals surface area (Å²) in [7, 11) is 0. The standard InChI is InChI=1S/C44H45N5O10S2/c1-26(50)22-32(51)57-23-27-24-60-38-34(37(53)49(38)35(27)39(54)55)46-36(52)33(48-59-43(5,6)40(56)58-42(2,3)4)31-25-61-41(45-31)47-44(28-16-10-7-11-17-28,29-18-12-8-13-19-29)30-20-14-9-15-21-30/h7-21,25,34,38H,22-24H2,1-6H3,(H,45,47)(H,46,52)(H,54,55)/t34-,38+/m1/s1. The van der Waals surface area contributed by atoms with Gasteiger partial charge in [0, 0.05) is 16.7 Å². The summed E-state index contributed by atoms with van der Waals surface area (Å²) in [5, 5.41) is 21.7. The molecule has 0 unspecified atom stereocenters. The highest BCUT2D eigenvalue weighted by Gasteiger charge is 2.54. The van der Waals surface area contributed by atoms with Crippen molar-refractivity contribution < 1.29 is 48.2 Å². The topological polar surface area (TPSA) is 203 Å². The number of anilines is 1. The summed E-state index contributed by atoms with van der Waals surface area (Å²) in [5.41, 5.74) is -1.31. The lowest BCUT2D eigenvalue weighted by atomic mass is 9.77. The Balaban J connectivity index is 1.33. The van der Waals surface area contributed by atoms with Gasteiger partial charge < -0.3 is 30.1 Å². The Bertz CT molecular complexity index is 2280. The minimum atomic E-state index is -1.67. The molecule has 0 bridgehead atoms. The highest BCUT2D eigenvalue weighted by Crippen LogP contribution is 2.42. The van der Waals surface area contributed by atoms with Crippen LogP contribution in [0, 0.1) is 0 Å². The number of esters is 2. The minimum absolute atomic E-state index is 0.0498.